The Labute approximate surface area is 207 Å². The molecule has 0 aliphatic heterocycles. The van der Waals surface area contributed by atoms with Crippen LogP contribution in [-0.4, -0.2) is 21.7 Å². The summed E-state index contributed by atoms with van der Waals surface area (Å²) >= 11 is 1.28. The topological polar surface area (TPSA) is 59.4 Å². The lowest BCUT2D eigenvalue weighted by Crippen LogP contribution is -2.38. The fraction of sp³-hybridized carbons (Fsp3) is 0.333. The zero-order chi connectivity index (χ0) is 26.0. The van der Waals surface area contributed by atoms with Crippen LogP contribution in [0, 0.1) is 6.92 Å². The second-order valence-corrected chi connectivity index (χ2v) is 10.2. The highest BCUT2D eigenvalue weighted by molar-refractivity contribution is 7.15. The van der Waals surface area contributed by atoms with Gasteiger partial charge in [-0.15, -0.1) is 11.3 Å². The fourth-order valence-corrected chi connectivity index (χ4v) is 4.74. The molecule has 1 N–H and O–H groups in total. The van der Waals surface area contributed by atoms with Crippen molar-refractivity contribution in [1.29, 1.82) is 0 Å². The van der Waals surface area contributed by atoms with Crippen molar-refractivity contribution in [2.75, 3.05) is 0 Å². The minimum atomic E-state index is -4.45. The summed E-state index contributed by atoms with van der Waals surface area (Å²) in [5.41, 5.74) is 0.564. The minimum Gasteiger partial charge on any atom is -0.478 e. The Morgan fingerprint density at radius 2 is 1.86 bits per heavy atom. The average molecular weight is 504 g/mol. The number of allylic oxidation sites excluding steroid dienone is 1. The van der Waals surface area contributed by atoms with E-state index in [9.17, 15) is 23.1 Å². The fourth-order valence-electron chi connectivity index (χ4n) is 3.50. The molecule has 0 saturated carbocycles. The molecule has 0 unspecified atom stereocenters. The number of aryl methyl sites for hydroxylation is 1. The Balaban J connectivity index is 1.83. The molecule has 3 rings (SSSR count). The number of ether oxygens (including phenoxy) is 1. The van der Waals surface area contributed by atoms with Crippen LogP contribution in [0.15, 0.2) is 48.5 Å². The third kappa shape index (κ3) is 6.31. The Hall–Kier alpha value is -3.13. The number of aliphatic carboxylic acids is 1. The van der Waals surface area contributed by atoms with Crippen molar-refractivity contribution in [1.82, 2.24) is 4.98 Å². The number of hydrogen-bond donors (Lipinski definition) is 1. The summed E-state index contributed by atoms with van der Waals surface area (Å²) in [6, 6.07) is 11.0. The van der Waals surface area contributed by atoms with E-state index in [1.165, 1.54) is 37.3 Å². The number of hydrogen-bond acceptors (Lipinski definition) is 4. The van der Waals surface area contributed by atoms with E-state index < -0.39 is 23.3 Å². The van der Waals surface area contributed by atoms with Crippen LogP contribution < -0.4 is 4.74 Å². The Bertz CT molecular complexity index is 1240. The van der Waals surface area contributed by atoms with Gasteiger partial charge >= 0.3 is 12.1 Å². The smallest absolute Gasteiger partial charge is 0.417 e. The molecule has 8 heteroatoms. The van der Waals surface area contributed by atoms with Crippen molar-refractivity contribution in [3.63, 3.8) is 0 Å². The quantitative estimate of drug-likeness (QED) is 0.341. The van der Waals surface area contributed by atoms with Crippen LogP contribution >= 0.6 is 11.3 Å². The van der Waals surface area contributed by atoms with Crippen LogP contribution in [0.2, 0.25) is 0 Å². The highest BCUT2D eigenvalue weighted by Crippen LogP contribution is 2.40. The first-order valence-electron chi connectivity index (χ1n) is 11.2. The third-order valence-electron chi connectivity index (χ3n) is 5.43. The third-order valence-corrected chi connectivity index (χ3v) is 6.56. The van der Waals surface area contributed by atoms with E-state index in [4.69, 9.17) is 4.74 Å². The number of carboxylic acid groups (broad SMARTS) is 1. The first-order valence-corrected chi connectivity index (χ1v) is 12.0. The predicted octanol–water partition coefficient (Wildman–Crippen LogP) is 7.76. The van der Waals surface area contributed by atoms with Gasteiger partial charge in [-0.1, -0.05) is 50.3 Å². The molecule has 186 valence electrons. The molecule has 0 bridgehead atoms. The predicted molar refractivity (Wildman–Crippen MR) is 133 cm³/mol. The molecule has 35 heavy (non-hydrogen) atoms. The lowest BCUT2D eigenvalue weighted by atomic mass is 10.1. The molecular formula is C27H28F3NO3S. The van der Waals surface area contributed by atoms with E-state index in [1.54, 1.807) is 12.1 Å². The zero-order valence-corrected chi connectivity index (χ0v) is 21.1. The normalized spacial score (nSPS) is 12.5. The number of alkyl halides is 3. The second-order valence-electron chi connectivity index (χ2n) is 9.07. The Kier molecular flexibility index (Phi) is 7.74. The number of nitrogens with zero attached hydrogens (tertiary/aromatic N) is 1. The zero-order valence-electron chi connectivity index (χ0n) is 20.2. The summed E-state index contributed by atoms with van der Waals surface area (Å²) < 4.78 is 46.2. The SMILES string of the molecule is Cc1cc(C=CCc2sc(-c3ccccc3C(F)(F)F)nc2C(C)C)ccc1OC(C)(C)C(=O)O. The van der Waals surface area contributed by atoms with Gasteiger partial charge in [-0.25, -0.2) is 9.78 Å². The lowest BCUT2D eigenvalue weighted by molar-refractivity contribution is -0.152. The van der Waals surface area contributed by atoms with Gasteiger partial charge in [0.1, 0.15) is 10.8 Å². The maximum absolute atomic E-state index is 13.5. The van der Waals surface area contributed by atoms with Gasteiger partial charge in [0.2, 0.25) is 0 Å². The molecule has 0 saturated heterocycles. The van der Waals surface area contributed by atoms with E-state index in [1.807, 2.05) is 45.1 Å². The Morgan fingerprint density at radius 3 is 2.46 bits per heavy atom. The van der Waals surface area contributed by atoms with Crippen molar-refractivity contribution >= 4 is 23.4 Å². The highest BCUT2D eigenvalue weighted by atomic mass is 32.1. The summed E-state index contributed by atoms with van der Waals surface area (Å²) in [4.78, 5) is 16.8. The number of halogens is 3. The first-order chi connectivity index (χ1) is 16.3. The van der Waals surface area contributed by atoms with E-state index in [2.05, 4.69) is 4.98 Å². The van der Waals surface area contributed by atoms with Crippen molar-refractivity contribution in [2.45, 2.75) is 58.7 Å². The number of carbonyl (C=O) groups is 1. The van der Waals surface area contributed by atoms with Crippen molar-refractivity contribution in [3.05, 3.63) is 75.8 Å². The molecular weight excluding hydrogens is 475 g/mol. The lowest BCUT2D eigenvalue weighted by Gasteiger charge is -2.22. The molecule has 1 aromatic heterocycles. The van der Waals surface area contributed by atoms with Gasteiger partial charge in [-0.3, -0.25) is 0 Å². The van der Waals surface area contributed by atoms with Gasteiger partial charge in [0, 0.05) is 16.9 Å². The molecule has 0 spiro atoms. The molecule has 0 atom stereocenters. The molecule has 0 amide bonds. The van der Waals surface area contributed by atoms with Crippen LogP contribution in [0.1, 0.15) is 60.9 Å². The molecule has 2 aromatic carbocycles. The standard InChI is InChI=1S/C27H28F3NO3S/c1-16(2)23-22(35-24(31-23)19-10-6-7-11-20(19)27(28,29)30)12-8-9-18-13-14-21(17(3)15-18)34-26(4,5)25(32)33/h6-11,13-16H,12H2,1-5H3,(H,32,33). The van der Waals surface area contributed by atoms with Crippen molar-refractivity contribution in [3.8, 4) is 16.3 Å². The molecule has 0 aliphatic rings. The summed E-state index contributed by atoms with van der Waals surface area (Å²) in [6.07, 6.45) is -0.0436. The largest absolute Gasteiger partial charge is 0.478 e. The summed E-state index contributed by atoms with van der Waals surface area (Å²) in [6.45, 7) is 8.77. The number of benzene rings is 2. The number of aromatic nitrogens is 1. The van der Waals surface area contributed by atoms with Gasteiger partial charge < -0.3 is 9.84 Å². The highest BCUT2D eigenvalue weighted by Gasteiger charge is 2.34. The number of carboxylic acids is 1. The van der Waals surface area contributed by atoms with Crippen molar-refractivity contribution < 1.29 is 27.8 Å². The van der Waals surface area contributed by atoms with Crippen LogP contribution in [-0.2, 0) is 17.4 Å². The summed E-state index contributed by atoms with van der Waals surface area (Å²) in [5, 5.41) is 9.63. The molecule has 3 aromatic rings. The van der Waals surface area contributed by atoms with Gasteiger partial charge in [-0.2, -0.15) is 13.2 Å². The Morgan fingerprint density at radius 1 is 1.17 bits per heavy atom. The van der Waals surface area contributed by atoms with Gasteiger partial charge in [0.15, 0.2) is 5.60 Å². The first kappa shape index (κ1) is 26.5. The second kappa shape index (κ2) is 10.2. The average Bonchev–Trinajstić information content (AvgIpc) is 3.19. The summed E-state index contributed by atoms with van der Waals surface area (Å²) in [7, 11) is 0. The van der Waals surface area contributed by atoms with Gasteiger partial charge in [0.05, 0.1) is 11.3 Å². The maximum atomic E-state index is 13.5. The van der Waals surface area contributed by atoms with E-state index in [-0.39, 0.29) is 11.5 Å². The van der Waals surface area contributed by atoms with E-state index >= 15 is 0 Å². The molecule has 0 fully saturated rings. The van der Waals surface area contributed by atoms with E-state index in [0.717, 1.165) is 27.8 Å². The molecule has 1 heterocycles. The van der Waals surface area contributed by atoms with E-state index in [0.29, 0.717) is 17.2 Å². The number of rotatable bonds is 8. The molecule has 4 nitrogen and oxygen atoms in total. The van der Waals surface area contributed by atoms with Crippen molar-refractivity contribution in [2.24, 2.45) is 0 Å². The monoisotopic (exact) mass is 503 g/mol. The summed E-state index contributed by atoms with van der Waals surface area (Å²) in [5.74, 6) is -0.492. The minimum absolute atomic E-state index is 0.0673. The van der Waals surface area contributed by atoms with Crippen LogP contribution in [0.4, 0.5) is 13.2 Å². The van der Waals surface area contributed by atoms with Crippen LogP contribution in [0.3, 0.4) is 0 Å². The van der Waals surface area contributed by atoms with Gasteiger partial charge in [-0.05, 0) is 56.0 Å². The maximum Gasteiger partial charge on any atom is 0.417 e. The molecule has 0 radical (unpaired) electrons. The number of thiazole rings is 1. The molecule has 0 aliphatic carbocycles. The van der Waals surface area contributed by atoms with Crippen LogP contribution in [0.5, 0.6) is 5.75 Å². The van der Waals surface area contributed by atoms with Gasteiger partial charge in [0.25, 0.3) is 0 Å². The van der Waals surface area contributed by atoms with Crippen LogP contribution in [0.25, 0.3) is 16.6 Å².